The van der Waals surface area contributed by atoms with Gasteiger partial charge >= 0.3 is 0 Å². The molecule has 2 rings (SSSR count). The Labute approximate surface area is 113 Å². The predicted octanol–water partition coefficient (Wildman–Crippen LogP) is 2.80. The molecule has 3 nitrogen and oxygen atoms in total. The Morgan fingerprint density at radius 2 is 1.76 bits per heavy atom. The molecule has 0 amide bonds. The van der Waals surface area contributed by atoms with E-state index < -0.39 is 10.0 Å². The minimum Gasteiger partial charge on any atom is -0.215 e. The van der Waals surface area contributed by atoms with E-state index in [1.165, 1.54) is 12.8 Å². The molecule has 2 fully saturated rings. The van der Waals surface area contributed by atoms with Crippen molar-refractivity contribution in [2.24, 2.45) is 5.92 Å². The molecule has 0 saturated heterocycles. The third-order valence-electron chi connectivity index (χ3n) is 4.04. The third-order valence-corrected chi connectivity index (χ3v) is 6.79. The molecule has 0 aliphatic heterocycles. The van der Waals surface area contributed by atoms with Gasteiger partial charge in [-0.3, -0.25) is 0 Å². The fourth-order valence-corrected chi connectivity index (χ4v) is 5.38. The van der Waals surface area contributed by atoms with Crippen LogP contribution in [0.15, 0.2) is 0 Å². The molecule has 2 saturated carbocycles. The van der Waals surface area contributed by atoms with Crippen LogP contribution in [0.3, 0.4) is 0 Å². The number of halogens is 1. The molecular formula is C12H22BrNO2S. The molecule has 0 bridgehead atoms. The second-order valence-electron chi connectivity index (χ2n) is 5.43. The van der Waals surface area contributed by atoms with Crippen molar-refractivity contribution >= 4 is 26.0 Å². The van der Waals surface area contributed by atoms with Crippen LogP contribution in [-0.2, 0) is 10.0 Å². The van der Waals surface area contributed by atoms with Gasteiger partial charge in [0, 0.05) is 11.4 Å². The highest BCUT2D eigenvalue weighted by atomic mass is 79.9. The van der Waals surface area contributed by atoms with Crippen molar-refractivity contribution in [1.29, 1.82) is 0 Å². The van der Waals surface area contributed by atoms with Crippen molar-refractivity contribution in [3.8, 4) is 0 Å². The van der Waals surface area contributed by atoms with Gasteiger partial charge in [-0.05, 0) is 38.0 Å². The molecule has 2 atom stereocenters. The van der Waals surface area contributed by atoms with Crippen LogP contribution in [0, 0.1) is 5.92 Å². The molecule has 2 aliphatic rings. The van der Waals surface area contributed by atoms with E-state index in [1.807, 2.05) is 0 Å². The molecular weight excluding hydrogens is 302 g/mol. The van der Waals surface area contributed by atoms with Crippen LogP contribution in [0.5, 0.6) is 0 Å². The van der Waals surface area contributed by atoms with Crippen molar-refractivity contribution in [2.45, 2.75) is 61.4 Å². The van der Waals surface area contributed by atoms with Crippen LogP contribution < -0.4 is 4.72 Å². The Balaban J connectivity index is 1.80. The van der Waals surface area contributed by atoms with Gasteiger partial charge in [0.05, 0.1) is 5.25 Å². The number of hydrogen-bond acceptors (Lipinski definition) is 2. The minimum atomic E-state index is -3.05. The molecule has 0 aromatic heterocycles. The van der Waals surface area contributed by atoms with Crippen LogP contribution in [-0.4, -0.2) is 25.0 Å². The first-order valence-corrected chi connectivity index (χ1v) is 9.16. The minimum absolute atomic E-state index is 0.127. The Bertz CT molecular complexity index is 338. The van der Waals surface area contributed by atoms with Crippen molar-refractivity contribution in [3.05, 3.63) is 0 Å². The summed E-state index contributed by atoms with van der Waals surface area (Å²) in [5, 5.41) is -0.127. The smallest absolute Gasteiger partial charge is 0.214 e. The summed E-state index contributed by atoms with van der Waals surface area (Å²) < 4.78 is 27.0. The fourth-order valence-electron chi connectivity index (χ4n) is 2.93. The van der Waals surface area contributed by atoms with Gasteiger partial charge in [0.25, 0.3) is 0 Å². The van der Waals surface area contributed by atoms with Crippen LogP contribution in [0.1, 0.15) is 51.4 Å². The fraction of sp³-hybridized carbons (Fsp3) is 1.00. The van der Waals surface area contributed by atoms with Gasteiger partial charge in [0.2, 0.25) is 10.0 Å². The van der Waals surface area contributed by atoms with Crippen LogP contribution >= 0.6 is 15.9 Å². The van der Waals surface area contributed by atoms with Crippen LogP contribution in [0.4, 0.5) is 0 Å². The zero-order valence-electron chi connectivity index (χ0n) is 10.2. The summed E-state index contributed by atoms with van der Waals surface area (Å²) >= 11 is 3.60. The molecule has 2 unspecified atom stereocenters. The number of sulfonamides is 1. The number of alkyl halides is 1. The Morgan fingerprint density at radius 1 is 1.06 bits per heavy atom. The molecule has 0 spiro atoms. The first-order valence-electron chi connectivity index (χ1n) is 6.70. The van der Waals surface area contributed by atoms with Gasteiger partial charge in [-0.15, -0.1) is 0 Å². The number of hydrogen-bond donors (Lipinski definition) is 1. The van der Waals surface area contributed by atoms with E-state index in [4.69, 9.17) is 0 Å². The summed E-state index contributed by atoms with van der Waals surface area (Å²) in [5.74, 6) is 0.526. The van der Waals surface area contributed by atoms with Crippen molar-refractivity contribution in [1.82, 2.24) is 4.72 Å². The normalized spacial score (nSPS) is 31.8. The maximum atomic E-state index is 12.1. The van der Waals surface area contributed by atoms with Crippen LogP contribution in [0.2, 0.25) is 0 Å². The van der Waals surface area contributed by atoms with E-state index in [9.17, 15) is 8.42 Å². The average Bonchev–Trinajstić information content (AvgIpc) is 2.74. The molecule has 0 aromatic carbocycles. The van der Waals surface area contributed by atoms with E-state index in [-0.39, 0.29) is 5.25 Å². The van der Waals surface area contributed by atoms with Gasteiger partial charge in [-0.2, -0.15) is 0 Å². The standard InChI is InChI=1S/C12H22BrNO2S/c13-11-7-6-10(8-11)9-14-17(15,16)12-4-2-1-3-5-12/h10-12,14H,1-9H2. The number of nitrogens with one attached hydrogen (secondary N) is 1. The summed E-state index contributed by atoms with van der Waals surface area (Å²) in [6.45, 7) is 0.640. The molecule has 17 heavy (non-hydrogen) atoms. The first kappa shape index (κ1) is 13.8. The molecule has 0 heterocycles. The van der Waals surface area contributed by atoms with Crippen molar-refractivity contribution in [3.63, 3.8) is 0 Å². The lowest BCUT2D eigenvalue weighted by Crippen LogP contribution is -2.37. The summed E-state index contributed by atoms with van der Waals surface area (Å²) in [6.07, 6.45) is 8.45. The zero-order valence-corrected chi connectivity index (χ0v) is 12.6. The van der Waals surface area contributed by atoms with E-state index >= 15 is 0 Å². The summed E-state index contributed by atoms with van der Waals surface area (Å²) in [7, 11) is -3.05. The molecule has 100 valence electrons. The molecule has 0 aromatic rings. The largest absolute Gasteiger partial charge is 0.215 e. The highest BCUT2D eigenvalue weighted by molar-refractivity contribution is 9.09. The second-order valence-corrected chi connectivity index (χ2v) is 8.77. The lowest BCUT2D eigenvalue weighted by Gasteiger charge is -2.23. The summed E-state index contributed by atoms with van der Waals surface area (Å²) in [5.41, 5.74) is 0. The SMILES string of the molecule is O=S(=O)(NCC1CCC(Br)C1)C1CCCCC1. The van der Waals surface area contributed by atoms with Gasteiger partial charge in [-0.25, -0.2) is 13.1 Å². The third kappa shape index (κ3) is 3.93. The molecule has 0 radical (unpaired) electrons. The Morgan fingerprint density at radius 3 is 2.35 bits per heavy atom. The van der Waals surface area contributed by atoms with E-state index in [0.29, 0.717) is 17.3 Å². The zero-order chi connectivity index (χ0) is 12.3. The van der Waals surface area contributed by atoms with Crippen molar-refractivity contribution in [2.75, 3.05) is 6.54 Å². The van der Waals surface area contributed by atoms with Gasteiger partial charge < -0.3 is 0 Å². The summed E-state index contributed by atoms with van der Waals surface area (Å²) in [4.78, 5) is 0.590. The maximum Gasteiger partial charge on any atom is 0.214 e. The lowest BCUT2D eigenvalue weighted by molar-refractivity contribution is 0.467. The predicted molar refractivity (Wildman–Crippen MR) is 73.9 cm³/mol. The molecule has 1 N–H and O–H groups in total. The maximum absolute atomic E-state index is 12.1. The van der Waals surface area contributed by atoms with Gasteiger partial charge in [0.1, 0.15) is 0 Å². The highest BCUT2D eigenvalue weighted by Crippen LogP contribution is 2.30. The average molecular weight is 324 g/mol. The quantitative estimate of drug-likeness (QED) is 0.808. The molecule has 2 aliphatic carbocycles. The Kier molecular flexibility index (Phi) is 4.89. The van der Waals surface area contributed by atoms with Gasteiger partial charge in [0.15, 0.2) is 0 Å². The second kappa shape index (κ2) is 6.02. The van der Waals surface area contributed by atoms with E-state index in [2.05, 4.69) is 20.7 Å². The lowest BCUT2D eigenvalue weighted by atomic mass is 10.0. The van der Waals surface area contributed by atoms with E-state index in [1.54, 1.807) is 0 Å². The van der Waals surface area contributed by atoms with Crippen molar-refractivity contribution < 1.29 is 8.42 Å². The Hall–Kier alpha value is 0.390. The monoisotopic (exact) mass is 323 g/mol. The molecule has 5 heteroatoms. The topological polar surface area (TPSA) is 46.2 Å². The van der Waals surface area contributed by atoms with Crippen LogP contribution in [0.25, 0.3) is 0 Å². The number of rotatable bonds is 4. The van der Waals surface area contributed by atoms with Gasteiger partial charge in [-0.1, -0.05) is 35.2 Å². The summed E-state index contributed by atoms with van der Waals surface area (Å²) in [6, 6.07) is 0. The highest BCUT2D eigenvalue weighted by Gasteiger charge is 2.29. The van der Waals surface area contributed by atoms with E-state index in [0.717, 1.165) is 38.5 Å². The first-order chi connectivity index (χ1) is 8.08.